The summed E-state index contributed by atoms with van der Waals surface area (Å²) in [7, 11) is 0. The summed E-state index contributed by atoms with van der Waals surface area (Å²) in [6.45, 7) is 0. The van der Waals surface area contributed by atoms with Gasteiger partial charge in [0.1, 0.15) is 0 Å². The van der Waals surface area contributed by atoms with Crippen molar-refractivity contribution in [2.45, 2.75) is 23.2 Å². The molecule has 0 amide bonds. The first-order valence-electron chi connectivity index (χ1n) is 3.38. The van der Waals surface area contributed by atoms with Gasteiger partial charge in [0.2, 0.25) is 0 Å². The van der Waals surface area contributed by atoms with Gasteiger partial charge >= 0.3 is 61.2 Å². The van der Waals surface area contributed by atoms with Crippen LogP contribution in [0.5, 0.6) is 0 Å². The molecule has 1 atom stereocenters. The predicted molar refractivity (Wildman–Crippen MR) is 30.5 cm³/mol. The molecule has 3 fully saturated rings. The molecule has 3 rings (SSSR count). The number of hydrogen-bond donors (Lipinski definition) is 0. The van der Waals surface area contributed by atoms with Gasteiger partial charge in [0.05, 0.1) is 0 Å². The van der Waals surface area contributed by atoms with E-state index in [4.69, 9.17) is 0 Å². The normalized spacial score (nSPS) is 51.9. The van der Waals surface area contributed by atoms with Crippen molar-refractivity contribution in [3.05, 3.63) is 0 Å². The average Bonchev–Trinajstić information content (AvgIpc) is 2.15. The van der Waals surface area contributed by atoms with Gasteiger partial charge in [-0.15, -0.1) is 0 Å². The number of rotatable bonds is 1. The third-order valence-corrected chi connectivity index (χ3v) is 5.75. The fourth-order valence-corrected chi connectivity index (χ4v) is 4.89. The Hall–Kier alpha value is 0.730. The second-order valence-corrected chi connectivity index (χ2v) is 5.91. The summed E-state index contributed by atoms with van der Waals surface area (Å²) in [4.78, 5) is 2.45. The van der Waals surface area contributed by atoms with E-state index in [1.54, 1.807) is 19.3 Å². The first-order chi connectivity index (χ1) is 3.90. The van der Waals surface area contributed by atoms with E-state index in [0.29, 0.717) is 21.2 Å². The van der Waals surface area contributed by atoms with Crippen LogP contribution in [-0.4, -0.2) is 8.86 Å². The van der Waals surface area contributed by atoms with E-state index in [9.17, 15) is 0 Å². The van der Waals surface area contributed by atoms with Crippen molar-refractivity contribution in [1.29, 1.82) is 0 Å². The molecule has 2 bridgehead atoms. The topological polar surface area (TPSA) is 0 Å². The molecule has 48 valence electrons. The molecular weight excluding hydrogens is 211 g/mol. The van der Waals surface area contributed by atoms with Crippen LogP contribution in [0.1, 0.15) is 19.3 Å². The molecule has 0 heterocycles. The van der Waals surface area contributed by atoms with Crippen LogP contribution in [0, 0.1) is 11.8 Å². The predicted octanol–water partition coefficient (Wildman–Crippen LogP) is -1.50. The molecule has 3 aliphatic rings. The van der Waals surface area contributed by atoms with Crippen LogP contribution >= 0.6 is 0 Å². The maximum atomic E-state index is 2.45. The summed E-state index contributed by atoms with van der Waals surface area (Å²) >= 11 is 0.605. The summed E-state index contributed by atoms with van der Waals surface area (Å²) in [5, 5.41) is 0. The molecule has 0 spiro atoms. The molecule has 0 aromatic heterocycles. The van der Waals surface area contributed by atoms with Gasteiger partial charge < -0.3 is 0 Å². The molecule has 1 unspecified atom stereocenters. The van der Waals surface area contributed by atoms with Crippen LogP contribution in [0.2, 0.25) is 0 Å². The minimum atomic E-state index is 0.605. The number of halogens is 1. The van der Waals surface area contributed by atoms with E-state index in [0.717, 1.165) is 0 Å². The molecule has 0 aromatic carbocycles. The van der Waals surface area contributed by atoms with Crippen molar-refractivity contribution in [1.82, 2.24) is 0 Å². The number of hydrogen-bond acceptors (Lipinski definition) is 0. The molecule has 8 heavy (non-hydrogen) atoms. The fourth-order valence-electron chi connectivity index (χ4n) is 2.05. The Morgan fingerprint density at radius 1 is 1.25 bits per heavy atom. The Morgan fingerprint density at radius 2 is 2.00 bits per heavy atom. The van der Waals surface area contributed by atoms with E-state index in [1.807, 2.05) is 0 Å². The molecule has 0 aromatic rings. The third-order valence-electron chi connectivity index (χ3n) is 2.62. The first kappa shape index (κ1) is 5.51. The number of fused-ring (bicyclic) bond motifs is 1. The van der Waals surface area contributed by atoms with Crippen LogP contribution in [0.3, 0.4) is 0 Å². The quantitative estimate of drug-likeness (QED) is 0.375. The summed E-state index contributed by atoms with van der Waals surface area (Å²) < 4.78 is 1.25. The third kappa shape index (κ3) is 0.630. The molecule has 3 saturated carbocycles. The van der Waals surface area contributed by atoms with Gasteiger partial charge in [-0.1, -0.05) is 0 Å². The average molecular weight is 223 g/mol. The summed E-state index contributed by atoms with van der Waals surface area (Å²) in [6.07, 6.45) is 4.84. The van der Waals surface area contributed by atoms with Gasteiger partial charge in [0.25, 0.3) is 0 Å². The zero-order valence-electron chi connectivity index (χ0n) is 5.23. The Kier molecular flexibility index (Phi) is 1.28. The zero-order chi connectivity index (χ0) is 5.56. The Labute approximate surface area is 61.3 Å². The molecule has 0 N–H and O–H groups in total. The molecule has 3 aliphatic carbocycles. The van der Waals surface area contributed by atoms with Crippen LogP contribution in [-0.2, 0) is 0 Å². The van der Waals surface area contributed by atoms with E-state index >= 15 is 0 Å². The second kappa shape index (κ2) is 1.86. The van der Waals surface area contributed by atoms with Gasteiger partial charge in [-0.05, 0) is 0 Å². The van der Waals surface area contributed by atoms with Crippen molar-refractivity contribution >= 4 is 0 Å². The summed E-state index contributed by atoms with van der Waals surface area (Å²) in [5.41, 5.74) is 0. The van der Waals surface area contributed by atoms with E-state index in [-0.39, 0.29) is 0 Å². The van der Waals surface area contributed by atoms with E-state index in [2.05, 4.69) is 4.93 Å². The molecule has 0 radical (unpaired) electrons. The molecule has 0 saturated heterocycles. The standard InChI is InChI=1S/C7H12I/c1-8-7-4-5-2-6(7)3-5/h5-7H,2-4H2,1H3/q-1. The molecule has 0 aliphatic heterocycles. The maximum absolute atomic E-state index is 2.45. The molecule has 0 nitrogen and oxygen atoms in total. The van der Waals surface area contributed by atoms with Gasteiger partial charge in [-0.3, -0.25) is 0 Å². The van der Waals surface area contributed by atoms with Crippen LogP contribution in [0.4, 0.5) is 0 Å². The zero-order valence-corrected chi connectivity index (χ0v) is 7.39. The van der Waals surface area contributed by atoms with Gasteiger partial charge in [0.15, 0.2) is 0 Å². The van der Waals surface area contributed by atoms with Crippen LogP contribution < -0.4 is 21.2 Å². The van der Waals surface area contributed by atoms with Crippen molar-refractivity contribution in [3.8, 4) is 0 Å². The Morgan fingerprint density at radius 3 is 2.25 bits per heavy atom. The Bertz CT molecular complexity index is 94.6. The van der Waals surface area contributed by atoms with E-state index < -0.39 is 0 Å². The van der Waals surface area contributed by atoms with Crippen molar-refractivity contribution in [2.75, 3.05) is 4.93 Å². The summed E-state index contributed by atoms with van der Waals surface area (Å²) in [5.74, 6) is 2.42. The van der Waals surface area contributed by atoms with Gasteiger partial charge in [-0.25, -0.2) is 0 Å². The minimum absolute atomic E-state index is 0.605. The fraction of sp³-hybridized carbons (Fsp3) is 1.00. The van der Waals surface area contributed by atoms with Crippen molar-refractivity contribution in [2.24, 2.45) is 11.8 Å². The summed E-state index contributed by atoms with van der Waals surface area (Å²) in [6, 6.07) is 0. The van der Waals surface area contributed by atoms with Crippen LogP contribution in [0.15, 0.2) is 0 Å². The van der Waals surface area contributed by atoms with Crippen molar-refractivity contribution in [3.63, 3.8) is 0 Å². The number of alkyl halides is 2. The Balaban J connectivity index is 2.00. The monoisotopic (exact) mass is 223 g/mol. The second-order valence-electron chi connectivity index (χ2n) is 3.07. The van der Waals surface area contributed by atoms with Gasteiger partial charge in [-0.2, -0.15) is 0 Å². The first-order valence-corrected chi connectivity index (χ1v) is 6.78. The molecule has 1 heteroatoms. The van der Waals surface area contributed by atoms with Gasteiger partial charge in [0, 0.05) is 0 Å². The molecular formula is C7H12I-. The van der Waals surface area contributed by atoms with E-state index in [1.165, 1.54) is 15.8 Å². The van der Waals surface area contributed by atoms with Crippen LogP contribution in [0.25, 0.3) is 0 Å². The SMILES string of the molecule is C[I-]C1CC2CC1C2. The van der Waals surface area contributed by atoms with Crippen molar-refractivity contribution < 1.29 is 21.2 Å².